The molecule has 0 aliphatic carbocycles. The first-order valence-electron chi connectivity index (χ1n) is 12.4. The number of rotatable bonds is 7. The van der Waals surface area contributed by atoms with Gasteiger partial charge in [-0.15, -0.1) is 0 Å². The average molecular weight is 502 g/mol. The summed E-state index contributed by atoms with van der Waals surface area (Å²) in [5.41, 5.74) is 0.285. The average Bonchev–Trinajstić information content (AvgIpc) is 3.35. The number of piperidine rings is 1. The molecule has 2 saturated heterocycles. The second-order valence-corrected chi connectivity index (χ2v) is 10.6. The molecule has 0 saturated carbocycles. The van der Waals surface area contributed by atoms with Crippen LogP contribution >= 0.6 is 11.6 Å². The molecule has 0 unspecified atom stereocenters. The van der Waals surface area contributed by atoms with Gasteiger partial charge in [-0.2, -0.15) is 5.10 Å². The molecule has 1 aromatic carbocycles. The predicted octanol–water partition coefficient (Wildman–Crippen LogP) is 3.58. The summed E-state index contributed by atoms with van der Waals surface area (Å²) in [6.07, 6.45) is 3.52. The minimum atomic E-state index is -0.324. The van der Waals surface area contributed by atoms with Crippen molar-refractivity contribution in [2.75, 3.05) is 52.9 Å². The van der Waals surface area contributed by atoms with E-state index in [4.69, 9.17) is 16.3 Å². The van der Waals surface area contributed by atoms with Crippen LogP contribution in [-0.4, -0.2) is 89.2 Å². The fourth-order valence-corrected chi connectivity index (χ4v) is 5.00. The highest BCUT2D eigenvalue weighted by atomic mass is 35.5. The molecule has 9 heteroatoms. The summed E-state index contributed by atoms with van der Waals surface area (Å²) in [7, 11) is 2.08. The number of carbonyl (C=O) groups is 2. The van der Waals surface area contributed by atoms with Gasteiger partial charge in [-0.1, -0.05) is 11.6 Å². The Morgan fingerprint density at radius 1 is 1.00 bits per heavy atom. The standard InChI is InChI=1S/C26H36ClN5O3/c1-20(2)32-23(8-11-28-32)25(34)31-12-9-26(10-13-31,19-35-22-6-4-21(27)5-7-22)18-24(33)30-16-14-29(3)15-17-30/h4-8,11,20H,9-10,12-19H2,1-3H3. The number of likely N-dealkylation sites (tertiary alicyclic amines) is 1. The van der Waals surface area contributed by atoms with Crippen molar-refractivity contribution in [2.24, 2.45) is 5.41 Å². The maximum absolute atomic E-state index is 13.3. The van der Waals surface area contributed by atoms with Gasteiger partial charge < -0.3 is 19.4 Å². The van der Waals surface area contributed by atoms with Crippen molar-refractivity contribution < 1.29 is 14.3 Å². The summed E-state index contributed by atoms with van der Waals surface area (Å²) in [6.45, 7) is 8.94. The highest BCUT2D eigenvalue weighted by Crippen LogP contribution is 2.37. The molecular formula is C26H36ClN5O3. The molecule has 0 atom stereocenters. The van der Waals surface area contributed by atoms with Gasteiger partial charge in [-0.05, 0) is 64.1 Å². The Kier molecular flexibility index (Phi) is 8.02. The van der Waals surface area contributed by atoms with Gasteiger partial charge in [0.1, 0.15) is 11.4 Å². The van der Waals surface area contributed by atoms with Crippen LogP contribution in [0.3, 0.4) is 0 Å². The van der Waals surface area contributed by atoms with Crippen LogP contribution in [0.4, 0.5) is 0 Å². The van der Waals surface area contributed by atoms with E-state index in [1.165, 1.54) is 0 Å². The van der Waals surface area contributed by atoms with Gasteiger partial charge in [-0.3, -0.25) is 14.3 Å². The quantitative estimate of drug-likeness (QED) is 0.580. The van der Waals surface area contributed by atoms with Crippen molar-refractivity contribution in [2.45, 2.75) is 39.2 Å². The second-order valence-electron chi connectivity index (χ2n) is 10.2. The van der Waals surface area contributed by atoms with Crippen LogP contribution in [0.5, 0.6) is 5.75 Å². The van der Waals surface area contributed by atoms with Crippen molar-refractivity contribution in [1.82, 2.24) is 24.5 Å². The third-order valence-electron chi connectivity index (χ3n) is 7.23. The number of aromatic nitrogens is 2. The predicted molar refractivity (Wildman–Crippen MR) is 136 cm³/mol. The largest absolute Gasteiger partial charge is 0.493 e. The normalized spacial score (nSPS) is 18.7. The van der Waals surface area contributed by atoms with E-state index < -0.39 is 0 Å². The van der Waals surface area contributed by atoms with Crippen molar-refractivity contribution >= 4 is 23.4 Å². The Balaban J connectivity index is 1.45. The molecule has 2 aliphatic heterocycles. The van der Waals surface area contributed by atoms with Crippen LogP contribution in [0.25, 0.3) is 0 Å². The van der Waals surface area contributed by atoms with Gasteiger partial charge in [0.05, 0.1) is 6.61 Å². The van der Waals surface area contributed by atoms with E-state index in [1.807, 2.05) is 35.8 Å². The number of halogens is 1. The van der Waals surface area contributed by atoms with E-state index in [9.17, 15) is 9.59 Å². The Bertz CT molecular complexity index is 1010. The smallest absolute Gasteiger partial charge is 0.272 e. The van der Waals surface area contributed by atoms with Crippen LogP contribution in [0.1, 0.15) is 49.6 Å². The molecular weight excluding hydrogens is 466 g/mol. The topological polar surface area (TPSA) is 70.9 Å². The van der Waals surface area contributed by atoms with Gasteiger partial charge in [0.2, 0.25) is 5.91 Å². The molecule has 190 valence electrons. The molecule has 0 bridgehead atoms. The maximum Gasteiger partial charge on any atom is 0.272 e. The summed E-state index contributed by atoms with van der Waals surface area (Å²) >= 11 is 6.02. The SMILES string of the molecule is CC(C)n1nccc1C(=O)N1CCC(COc2ccc(Cl)cc2)(CC(=O)N2CCN(C)CC2)CC1. The summed E-state index contributed by atoms with van der Waals surface area (Å²) in [4.78, 5) is 32.7. The summed E-state index contributed by atoms with van der Waals surface area (Å²) in [5, 5.41) is 4.97. The Labute approximate surface area is 212 Å². The zero-order valence-electron chi connectivity index (χ0n) is 21.0. The van der Waals surface area contributed by atoms with E-state index in [0.29, 0.717) is 49.7 Å². The molecule has 1 aromatic heterocycles. The number of benzene rings is 1. The van der Waals surface area contributed by atoms with E-state index in [-0.39, 0.29) is 23.3 Å². The molecule has 2 aromatic rings. The van der Waals surface area contributed by atoms with Crippen LogP contribution < -0.4 is 4.74 Å². The first-order chi connectivity index (χ1) is 16.8. The number of nitrogens with zero attached hydrogens (tertiary/aromatic N) is 5. The lowest BCUT2D eigenvalue weighted by atomic mass is 9.75. The minimum absolute atomic E-state index is 0.00573. The second kappa shape index (κ2) is 11.0. The van der Waals surface area contributed by atoms with Gasteiger partial charge in [0.25, 0.3) is 5.91 Å². The Hall–Kier alpha value is -2.58. The maximum atomic E-state index is 13.3. The molecule has 3 heterocycles. The molecule has 2 amide bonds. The van der Waals surface area contributed by atoms with E-state index in [0.717, 1.165) is 31.9 Å². The molecule has 2 aliphatic rings. The highest BCUT2D eigenvalue weighted by Gasteiger charge is 2.40. The van der Waals surface area contributed by atoms with Crippen LogP contribution in [-0.2, 0) is 4.79 Å². The summed E-state index contributed by atoms with van der Waals surface area (Å²) < 4.78 is 7.94. The van der Waals surface area contributed by atoms with Crippen molar-refractivity contribution in [1.29, 1.82) is 0 Å². The summed E-state index contributed by atoms with van der Waals surface area (Å²) in [5.74, 6) is 0.907. The molecule has 4 rings (SSSR count). The number of likely N-dealkylation sites (N-methyl/N-ethyl adjacent to an activating group) is 1. The lowest BCUT2D eigenvalue weighted by Crippen LogP contribution is -2.51. The van der Waals surface area contributed by atoms with E-state index in [2.05, 4.69) is 17.0 Å². The summed E-state index contributed by atoms with van der Waals surface area (Å²) in [6, 6.07) is 9.21. The lowest BCUT2D eigenvalue weighted by molar-refractivity contribution is -0.136. The number of hydrogen-bond donors (Lipinski definition) is 0. The number of ether oxygens (including phenoxy) is 1. The van der Waals surface area contributed by atoms with E-state index in [1.54, 1.807) is 29.1 Å². The first-order valence-corrected chi connectivity index (χ1v) is 12.8. The molecule has 8 nitrogen and oxygen atoms in total. The molecule has 0 radical (unpaired) electrons. The zero-order valence-corrected chi connectivity index (χ0v) is 21.7. The molecule has 0 N–H and O–H groups in total. The van der Waals surface area contributed by atoms with Gasteiger partial charge in [0, 0.05) is 68.4 Å². The molecule has 35 heavy (non-hydrogen) atoms. The van der Waals surface area contributed by atoms with Crippen LogP contribution in [0.2, 0.25) is 5.02 Å². The van der Waals surface area contributed by atoms with Crippen molar-refractivity contribution in [3.63, 3.8) is 0 Å². The van der Waals surface area contributed by atoms with Gasteiger partial charge in [-0.25, -0.2) is 0 Å². The van der Waals surface area contributed by atoms with Crippen LogP contribution in [0.15, 0.2) is 36.5 Å². The number of amides is 2. The fraction of sp³-hybridized carbons (Fsp3) is 0.577. The first kappa shape index (κ1) is 25.5. The van der Waals surface area contributed by atoms with Crippen LogP contribution in [0, 0.1) is 5.41 Å². The zero-order chi connectivity index (χ0) is 25.0. The molecule has 0 spiro atoms. The van der Waals surface area contributed by atoms with Crippen molar-refractivity contribution in [3.05, 3.63) is 47.2 Å². The van der Waals surface area contributed by atoms with Crippen molar-refractivity contribution in [3.8, 4) is 5.75 Å². The Morgan fingerprint density at radius 2 is 1.66 bits per heavy atom. The Morgan fingerprint density at radius 3 is 2.29 bits per heavy atom. The van der Waals surface area contributed by atoms with Gasteiger partial charge in [0.15, 0.2) is 0 Å². The van der Waals surface area contributed by atoms with Gasteiger partial charge >= 0.3 is 0 Å². The third-order valence-corrected chi connectivity index (χ3v) is 7.48. The number of piperazine rings is 1. The van der Waals surface area contributed by atoms with E-state index >= 15 is 0 Å². The monoisotopic (exact) mass is 501 g/mol. The fourth-order valence-electron chi connectivity index (χ4n) is 4.87. The highest BCUT2D eigenvalue weighted by molar-refractivity contribution is 6.30. The molecule has 2 fully saturated rings. The third kappa shape index (κ3) is 6.16. The lowest BCUT2D eigenvalue weighted by Gasteiger charge is -2.42. The number of carbonyl (C=O) groups excluding carboxylic acids is 2. The minimum Gasteiger partial charge on any atom is -0.493 e. The number of hydrogen-bond acceptors (Lipinski definition) is 5.